The summed E-state index contributed by atoms with van der Waals surface area (Å²) in [4.78, 5) is 15.5. The zero-order valence-corrected chi connectivity index (χ0v) is 16.3. The number of carboxylic acid groups (broad SMARTS) is 1. The molecule has 2 heterocycles. The Labute approximate surface area is 172 Å². The van der Waals surface area contributed by atoms with Gasteiger partial charge in [0.1, 0.15) is 11.6 Å². The maximum Gasteiger partial charge on any atom is 0.336 e. The number of hydrogen-bond donors (Lipinski definition) is 1. The minimum atomic E-state index is -0.939. The van der Waals surface area contributed by atoms with Gasteiger partial charge in [-0.1, -0.05) is 23.7 Å². The second-order valence-corrected chi connectivity index (χ2v) is 7.49. The van der Waals surface area contributed by atoms with Crippen molar-refractivity contribution in [3.05, 3.63) is 82.4 Å². The van der Waals surface area contributed by atoms with Gasteiger partial charge in [-0.25, -0.2) is 9.18 Å². The SMILES string of the molecule is O=C(O)c1ccncc1CC[C@@H]1CCOc2cc(-c3cc(F)ccc3Cl)ccc21. The summed E-state index contributed by atoms with van der Waals surface area (Å²) in [5, 5.41) is 9.84. The summed E-state index contributed by atoms with van der Waals surface area (Å²) in [6, 6.07) is 11.6. The molecule has 29 heavy (non-hydrogen) atoms. The molecule has 0 amide bonds. The molecule has 0 saturated carbocycles. The van der Waals surface area contributed by atoms with Crippen molar-refractivity contribution in [3.8, 4) is 16.9 Å². The first-order valence-electron chi connectivity index (χ1n) is 9.41. The number of fused-ring (bicyclic) bond motifs is 1. The summed E-state index contributed by atoms with van der Waals surface area (Å²) in [6.45, 7) is 0.580. The standard InChI is InChI=1S/C23H19ClFNO3/c24-21-6-4-17(25)12-20(21)15-3-5-18-14(8-10-29-22(18)11-15)1-2-16-13-26-9-7-19(16)23(27)28/h3-7,9,11-14H,1-2,8,10H2,(H,27,28)/t14-/m1/s1. The second kappa shape index (κ2) is 8.21. The summed E-state index contributed by atoms with van der Waals surface area (Å²) < 4.78 is 19.5. The maximum absolute atomic E-state index is 13.6. The number of nitrogens with zero attached hydrogens (tertiary/aromatic N) is 1. The predicted octanol–water partition coefficient (Wildman–Crippen LogP) is 5.74. The number of carboxylic acids is 1. The lowest BCUT2D eigenvalue weighted by Gasteiger charge is -2.27. The Morgan fingerprint density at radius 1 is 1.24 bits per heavy atom. The van der Waals surface area contributed by atoms with Crippen LogP contribution in [0.2, 0.25) is 5.02 Å². The van der Waals surface area contributed by atoms with Gasteiger partial charge in [0.15, 0.2) is 0 Å². The molecule has 1 aliphatic heterocycles. The molecule has 4 nitrogen and oxygen atoms in total. The van der Waals surface area contributed by atoms with Crippen LogP contribution in [0, 0.1) is 5.82 Å². The minimum Gasteiger partial charge on any atom is -0.493 e. The Bertz CT molecular complexity index is 1070. The van der Waals surface area contributed by atoms with Crippen LogP contribution in [0.5, 0.6) is 5.75 Å². The maximum atomic E-state index is 13.6. The normalized spacial score (nSPS) is 15.4. The van der Waals surface area contributed by atoms with Crippen LogP contribution in [-0.4, -0.2) is 22.7 Å². The molecule has 0 radical (unpaired) electrons. The lowest BCUT2D eigenvalue weighted by molar-refractivity contribution is 0.0695. The summed E-state index contributed by atoms with van der Waals surface area (Å²) in [7, 11) is 0. The van der Waals surface area contributed by atoms with Gasteiger partial charge in [-0.05, 0) is 72.2 Å². The largest absolute Gasteiger partial charge is 0.493 e. The van der Waals surface area contributed by atoms with Crippen LogP contribution in [-0.2, 0) is 6.42 Å². The summed E-state index contributed by atoms with van der Waals surface area (Å²) in [6.07, 6.45) is 5.39. The highest BCUT2D eigenvalue weighted by molar-refractivity contribution is 6.33. The van der Waals surface area contributed by atoms with Gasteiger partial charge in [0.2, 0.25) is 0 Å². The van der Waals surface area contributed by atoms with E-state index in [9.17, 15) is 14.3 Å². The number of ether oxygens (including phenoxy) is 1. The van der Waals surface area contributed by atoms with E-state index in [-0.39, 0.29) is 11.7 Å². The molecule has 3 aromatic rings. The summed E-state index contributed by atoms with van der Waals surface area (Å²) >= 11 is 6.24. The molecule has 2 aromatic carbocycles. The Balaban J connectivity index is 1.58. The molecule has 0 unspecified atom stereocenters. The lowest BCUT2D eigenvalue weighted by atomic mass is 9.86. The van der Waals surface area contributed by atoms with Gasteiger partial charge in [-0.3, -0.25) is 4.98 Å². The second-order valence-electron chi connectivity index (χ2n) is 7.09. The van der Waals surface area contributed by atoms with E-state index in [1.54, 1.807) is 12.3 Å². The van der Waals surface area contributed by atoms with Gasteiger partial charge in [0, 0.05) is 23.0 Å². The molecule has 1 atom stereocenters. The highest BCUT2D eigenvalue weighted by Crippen LogP contribution is 2.40. The third-order valence-corrected chi connectivity index (χ3v) is 5.64. The van der Waals surface area contributed by atoms with Crippen LogP contribution >= 0.6 is 11.6 Å². The first-order chi connectivity index (χ1) is 14.0. The van der Waals surface area contributed by atoms with E-state index in [1.807, 2.05) is 18.2 Å². The number of benzene rings is 2. The van der Waals surface area contributed by atoms with E-state index in [1.165, 1.54) is 24.4 Å². The van der Waals surface area contributed by atoms with Crippen LogP contribution in [0.3, 0.4) is 0 Å². The number of rotatable bonds is 5. The van der Waals surface area contributed by atoms with E-state index in [0.29, 0.717) is 29.2 Å². The van der Waals surface area contributed by atoms with E-state index in [4.69, 9.17) is 16.3 Å². The fourth-order valence-corrected chi connectivity index (χ4v) is 4.04. The smallest absolute Gasteiger partial charge is 0.336 e. The van der Waals surface area contributed by atoms with Gasteiger partial charge < -0.3 is 9.84 Å². The molecule has 148 valence electrons. The molecule has 4 rings (SSSR count). The van der Waals surface area contributed by atoms with E-state index >= 15 is 0 Å². The number of aryl methyl sites for hydroxylation is 1. The van der Waals surface area contributed by atoms with Crippen molar-refractivity contribution in [1.82, 2.24) is 4.98 Å². The average Bonchev–Trinajstić information content (AvgIpc) is 2.73. The highest BCUT2D eigenvalue weighted by atomic mass is 35.5. The van der Waals surface area contributed by atoms with Crippen LogP contribution in [0.15, 0.2) is 54.9 Å². The van der Waals surface area contributed by atoms with Gasteiger partial charge >= 0.3 is 5.97 Å². The number of carbonyl (C=O) groups is 1. The number of aromatic carboxylic acids is 1. The van der Waals surface area contributed by atoms with Crippen molar-refractivity contribution in [2.24, 2.45) is 0 Å². The Kier molecular flexibility index (Phi) is 5.49. The monoisotopic (exact) mass is 411 g/mol. The van der Waals surface area contributed by atoms with Crippen molar-refractivity contribution in [2.45, 2.75) is 25.2 Å². The molecule has 0 saturated heterocycles. The zero-order chi connectivity index (χ0) is 20.4. The van der Waals surface area contributed by atoms with Crippen molar-refractivity contribution in [1.29, 1.82) is 0 Å². The minimum absolute atomic E-state index is 0.248. The lowest BCUT2D eigenvalue weighted by Crippen LogP contribution is -2.15. The molecule has 0 bridgehead atoms. The Hall–Kier alpha value is -2.92. The molecular weight excluding hydrogens is 393 g/mol. The molecule has 6 heteroatoms. The molecule has 0 fully saturated rings. The predicted molar refractivity (Wildman–Crippen MR) is 109 cm³/mol. The van der Waals surface area contributed by atoms with Gasteiger partial charge in [0.05, 0.1) is 12.2 Å². The summed E-state index contributed by atoms with van der Waals surface area (Å²) in [5.41, 5.74) is 3.53. The van der Waals surface area contributed by atoms with Crippen LogP contribution in [0.25, 0.3) is 11.1 Å². The summed E-state index contributed by atoms with van der Waals surface area (Å²) in [5.74, 6) is -0.264. The highest BCUT2D eigenvalue weighted by Gasteiger charge is 2.23. The average molecular weight is 412 g/mol. The topological polar surface area (TPSA) is 59.4 Å². The first-order valence-corrected chi connectivity index (χ1v) is 9.79. The zero-order valence-electron chi connectivity index (χ0n) is 15.6. The van der Waals surface area contributed by atoms with Gasteiger partial charge in [-0.15, -0.1) is 0 Å². The first kappa shape index (κ1) is 19.4. The quantitative estimate of drug-likeness (QED) is 0.581. The molecule has 1 N–H and O–H groups in total. The number of hydrogen-bond acceptors (Lipinski definition) is 3. The van der Waals surface area contributed by atoms with Crippen molar-refractivity contribution >= 4 is 17.6 Å². The van der Waals surface area contributed by atoms with Gasteiger partial charge in [0.25, 0.3) is 0 Å². The number of pyridine rings is 1. The fourth-order valence-electron chi connectivity index (χ4n) is 3.81. The third kappa shape index (κ3) is 4.10. The van der Waals surface area contributed by atoms with Crippen molar-refractivity contribution in [2.75, 3.05) is 6.61 Å². The Morgan fingerprint density at radius 3 is 2.93 bits per heavy atom. The molecular formula is C23H19ClFNO3. The molecule has 0 aliphatic carbocycles. The van der Waals surface area contributed by atoms with E-state index in [2.05, 4.69) is 4.98 Å². The molecule has 1 aliphatic rings. The van der Waals surface area contributed by atoms with Crippen LogP contribution in [0.1, 0.15) is 40.2 Å². The molecule has 0 spiro atoms. The van der Waals surface area contributed by atoms with Crippen LogP contribution in [0.4, 0.5) is 4.39 Å². The van der Waals surface area contributed by atoms with Crippen LogP contribution < -0.4 is 4.74 Å². The fraction of sp³-hybridized carbons (Fsp3) is 0.217. The van der Waals surface area contributed by atoms with Crippen molar-refractivity contribution in [3.63, 3.8) is 0 Å². The van der Waals surface area contributed by atoms with Crippen molar-refractivity contribution < 1.29 is 19.0 Å². The van der Waals surface area contributed by atoms with E-state index < -0.39 is 5.97 Å². The third-order valence-electron chi connectivity index (χ3n) is 5.31. The number of aromatic nitrogens is 1. The molecule has 1 aromatic heterocycles. The number of halogens is 2. The van der Waals surface area contributed by atoms with Gasteiger partial charge in [-0.2, -0.15) is 0 Å². The van der Waals surface area contributed by atoms with E-state index in [0.717, 1.165) is 35.3 Å². The Morgan fingerprint density at radius 2 is 2.10 bits per heavy atom.